The number of unbranched alkanes of at least 4 members (excludes halogenated alkanes) is 1. The molecule has 0 saturated carbocycles. The summed E-state index contributed by atoms with van der Waals surface area (Å²) in [5.41, 5.74) is 3.11. The minimum Gasteiger partial charge on any atom is -0.494 e. The van der Waals surface area contributed by atoms with Gasteiger partial charge in [0.15, 0.2) is 0 Å². The summed E-state index contributed by atoms with van der Waals surface area (Å²) in [5.74, 6) is -0.503. The van der Waals surface area contributed by atoms with Crippen molar-refractivity contribution in [2.24, 2.45) is 0 Å². The molecular formula is C23H30O3. The van der Waals surface area contributed by atoms with Crippen LogP contribution in [0.1, 0.15) is 63.1 Å². The maximum atomic E-state index is 11.8. The summed E-state index contributed by atoms with van der Waals surface area (Å²) in [5, 5.41) is 9.69. The maximum Gasteiger partial charge on any atom is 0.311 e. The Labute approximate surface area is 157 Å². The predicted octanol–water partition coefficient (Wildman–Crippen LogP) is 5.57. The molecule has 0 aromatic heterocycles. The van der Waals surface area contributed by atoms with Crippen molar-refractivity contribution in [3.8, 4) is 5.75 Å². The molecule has 1 unspecified atom stereocenters. The zero-order valence-corrected chi connectivity index (χ0v) is 16.3. The van der Waals surface area contributed by atoms with E-state index in [-0.39, 0.29) is 5.41 Å². The summed E-state index contributed by atoms with van der Waals surface area (Å²) in [7, 11) is 0. The number of benzene rings is 2. The number of hydrogen-bond donors (Lipinski definition) is 1. The van der Waals surface area contributed by atoms with E-state index in [1.54, 1.807) is 0 Å². The summed E-state index contributed by atoms with van der Waals surface area (Å²) < 4.78 is 5.67. The lowest BCUT2D eigenvalue weighted by Crippen LogP contribution is -2.16. The summed E-state index contributed by atoms with van der Waals surface area (Å²) >= 11 is 0. The van der Waals surface area contributed by atoms with Gasteiger partial charge in [-0.25, -0.2) is 0 Å². The lowest BCUT2D eigenvalue weighted by molar-refractivity contribution is -0.138. The first-order valence-electron chi connectivity index (χ1n) is 9.36. The molecule has 3 heteroatoms. The number of carboxylic acids is 1. The molecule has 0 heterocycles. The van der Waals surface area contributed by atoms with E-state index < -0.39 is 11.9 Å². The molecule has 140 valence electrons. The van der Waals surface area contributed by atoms with Crippen LogP contribution in [0.4, 0.5) is 0 Å². The smallest absolute Gasteiger partial charge is 0.311 e. The van der Waals surface area contributed by atoms with Crippen molar-refractivity contribution in [1.29, 1.82) is 0 Å². The predicted molar refractivity (Wildman–Crippen MR) is 106 cm³/mol. The molecule has 0 radical (unpaired) electrons. The average Bonchev–Trinajstić information content (AvgIpc) is 2.60. The Kier molecular flexibility index (Phi) is 6.84. The molecule has 0 aliphatic heterocycles. The number of ether oxygens (including phenoxy) is 1. The van der Waals surface area contributed by atoms with E-state index in [0.29, 0.717) is 13.0 Å². The van der Waals surface area contributed by atoms with E-state index >= 15 is 0 Å². The van der Waals surface area contributed by atoms with Gasteiger partial charge in [0.2, 0.25) is 0 Å². The third-order valence-corrected chi connectivity index (χ3v) is 4.61. The summed E-state index contributed by atoms with van der Waals surface area (Å²) in [6.07, 6.45) is 2.61. The number of rotatable bonds is 8. The Morgan fingerprint density at radius 3 is 2.15 bits per heavy atom. The summed E-state index contributed by atoms with van der Waals surface area (Å²) in [4.78, 5) is 11.8. The van der Waals surface area contributed by atoms with Gasteiger partial charge in [0.05, 0.1) is 12.5 Å². The van der Waals surface area contributed by atoms with Crippen LogP contribution in [0.5, 0.6) is 5.75 Å². The van der Waals surface area contributed by atoms with Gasteiger partial charge in [-0.1, -0.05) is 70.5 Å². The molecule has 1 atom stereocenters. The number of carbonyl (C=O) groups is 1. The highest BCUT2D eigenvalue weighted by molar-refractivity contribution is 5.76. The zero-order valence-electron chi connectivity index (χ0n) is 16.3. The Morgan fingerprint density at radius 2 is 1.65 bits per heavy atom. The lowest BCUT2D eigenvalue weighted by atomic mass is 9.84. The van der Waals surface area contributed by atoms with Gasteiger partial charge in [-0.3, -0.25) is 4.79 Å². The fraction of sp³-hybridized carbons (Fsp3) is 0.435. The fourth-order valence-electron chi connectivity index (χ4n) is 2.85. The Hall–Kier alpha value is -2.29. The molecule has 0 fully saturated rings. The highest BCUT2D eigenvalue weighted by Gasteiger charge is 2.21. The zero-order chi connectivity index (χ0) is 19.2. The molecule has 2 aromatic carbocycles. The molecule has 26 heavy (non-hydrogen) atoms. The number of hydrogen-bond acceptors (Lipinski definition) is 2. The van der Waals surface area contributed by atoms with Gasteiger partial charge in [-0.15, -0.1) is 0 Å². The van der Waals surface area contributed by atoms with Crippen LogP contribution in [0.2, 0.25) is 0 Å². The van der Waals surface area contributed by atoms with Gasteiger partial charge in [0.1, 0.15) is 5.75 Å². The van der Waals surface area contributed by atoms with E-state index in [4.69, 9.17) is 4.74 Å². The van der Waals surface area contributed by atoms with Gasteiger partial charge in [-0.05, 0) is 47.1 Å². The Balaban J connectivity index is 2.09. The molecule has 0 saturated heterocycles. The van der Waals surface area contributed by atoms with Crippen LogP contribution < -0.4 is 4.74 Å². The van der Waals surface area contributed by atoms with E-state index in [9.17, 15) is 9.90 Å². The molecule has 2 aromatic rings. The van der Waals surface area contributed by atoms with Gasteiger partial charge >= 0.3 is 5.97 Å². The van der Waals surface area contributed by atoms with Crippen molar-refractivity contribution in [3.63, 3.8) is 0 Å². The second-order valence-electron chi connectivity index (χ2n) is 7.81. The molecule has 0 amide bonds. The van der Waals surface area contributed by atoms with E-state index in [2.05, 4.69) is 27.7 Å². The molecule has 0 bridgehead atoms. The Bertz CT molecular complexity index is 694. The third-order valence-electron chi connectivity index (χ3n) is 4.61. The SMILES string of the molecule is CCCCOc1ccc(CC(C(=O)O)c2ccc(C(C)(C)C)cc2)cc1. The molecule has 0 spiro atoms. The van der Waals surface area contributed by atoms with Gasteiger partial charge in [0, 0.05) is 0 Å². The van der Waals surface area contributed by atoms with Crippen molar-refractivity contribution >= 4 is 5.97 Å². The van der Waals surface area contributed by atoms with Crippen molar-refractivity contribution in [3.05, 3.63) is 65.2 Å². The minimum atomic E-state index is -0.795. The van der Waals surface area contributed by atoms with Crippen molar-refractivity contribution < 1.29 is 14.6 Å². The second-order valence-corrected chi connectivity index (χ2v) is 7.81. The Morgan fingerprint density at radius 1 is 1.04 bits per heavy atom. The van der Waals surface area contributed by atoms with Crippen LogP contribution in [-0.2, 0) is 16.6 Å². The molecule has 1 N–H and O–H groups in total. The standard InChI is InChI=1S/C23H30O3/c1-5-6-15-26-20-13-7-17(8-14-20)16-21(22(24)25)18-9-11-19(12-10-18)23(2,3)4/h7-14,21H,5-6,15-16H2,1-4H3,(H,24,25). The normalized spacial score (nSPS) is 12.6. The highest BCUT2D eigenvalue weighted by Crippen LogP contribution is 2.27. The highest BCUT2D eigenvalue weighted by atomic mass is 16.5. The van der Waals surface area contributed by atoms with E-state index in [1.807, 2.05) is 48.5 Å². The molecule has 0 aliphatic carbocycles. The summed E-state index contributed by atoms with van der Waals surface area (Å²) in [6.45, 7) is 9.31. The molecule has 3 nitrogen and oxygen atoms in total. The lowest BCUT2D eigenvalue weighted by Gasteiger charge is -2.20. The van der Waals surface area contributed by atoms with Crippen LogP contribution in [0.3, 0.4) is 0 Å². The first-order valence-corrected chi connectivity index (χ1v) is 9.36. The van der Waals surface area contributed by atoms with E-state index in [1.165, 1.54) is 5.56 Å². The summed E-state index contributed by atoms with van der Waals surface area (Å²) in [6, 6.07) is 15.7. The van der Waals surface area contributed by atoms with Crippen molar-refractivity contribution in [1.82, 2.24) is 0 Å². The quantitative estimate of drug-likeness (QED) is 0.630. The topological polar surface area (TPSA) is 46.5 Å². The first-order chi connectivity index (χ1) is 12.3. The number of carboxylic acid groups (broad SMARTS) is 1. The fourth-order valence-corrected chi connectivity index (χ4v) is 2.85. The van der Waals surface area contributed by atoms with Crippen LogP contribution >= 0.6 is 0 Å². The first kappa shape index (κ1) is 20.0. The third kappa shape index (κ3) is 5.62. The van der Waals surface area contributed by atoms with Crippen molar-refractivity contribution in [2.75, 3.05) is 6.61 Å². The van der Waals surface area contributed by atoms with Gasteiger partial charge < -0.3 is 9.84 Å². The second kappa shape index (κ2) is 8.88. The monoisotopic (exact) mass is 354 g/mol. The molecule has 2 rings (SSSR count). The maximum absolute atomic E-state index is 11.8. The van der Waals surface area contributed by atoms with E-state index in [0.717, 1.165) is 29.7 Å². The van der Waals surface area contributed by atoms with Crippen LogP contribution in [0.25, 0.3) is 0 Å². The molecular weight excluding hydrogens is 324 g/mol. The molecule has 0 aliphatic rings. The average molecular weight is 354 g/mol. The van der Waals surface area contributed by atoms with Crippen LogP contribution in [0, 0.1) is 0 Å². The largest absolute Gasteiger partial charge is 0.494 e. The van der Waals surface area contributed by atoms with Gasteiger partial charge in [0.25, 0.3) is 0 Å². The minimum absolute atomic E-state index is 0.0604. The van der Waals surface area contributed by atoms with Crippen LogP contribution in [0.15, 0.2) is 48.5 Å². The van der Waals surface area contributed by atoms with Crippen LogP contribution in [-0.4, -0.2) is 17.7 Å². The van der Waals surface area contributed by atoms with Crippen molar-refractivity contribution in [2.45, 2.75) is 58.3 Å². The van der Waals surface area contributed by atoms with Gasteiger partial charge in [-0.2, -0.15) is 0 Å². The number of aliphatic carboxylic acids is 1.